The highest BCUT2D eigenvalue weighted by molar-refractivity contribution is 7.13. The fourth-order valence-electron chi connectivity index (χ4n) is 10.2. The van der Waals surface area contributed by atoms with Gasteiger partial charge in [-0.3, -0.25) is 14.4 Å². The van der Waals surface area contributed by atoms with Crippen LogP contribution in [0, 0.1) is 24.2 Å². The Bertz CT molecular complexity index is 2550. The molecule has 0 bridgehead atoms. The molecule has 1 aliphatic carbocycles. The first-order valence-electron chi connectivity index (χ1n) is 23.3. The number of para-hydroxylation sites is 1. The Kier molecular flexibility index (Phi) is 13.8. The lowest BCUT2D eigenvalue weighted by molar-refractivity contribution is -0.145. The van der Waals surface area contributed by atoms with Gasteiger partial charge >= 0.3 is 0 Å². The average Bonchev–Trinajstić information content (AvgIpc) is 3.92. The molecule has 0 radical (unpaired) electrons. The highest BCUT2D eigenvalue weighted by Crippen LogP contribution is 2.41. The highest BCUT2D eigenvalue weighted by atomic mass is 32.1. The van der Waals surface area contributed by atoms with Gasteiger partial charge in [0.2, 0.25) is 23.7 Å². The number of likely N-dealkylation sites (tertiary alicyclic amines) is 1. The Morgan fingerprint density at radius 3 is 2.25 bits per heavy atom. The van der Waals surface area contributed by atoms with Crippen LogP contribution in [0.3, 0.4) is 0 Å². The number of β-amino-alcohol motifs (C(OH)–C–C–N with tert-alkyl or cyclic N) is 1. The topological polar surface area (TPSA) is 216 Å². The molecule has 16 nitrogen and oxygen atoms in total. The van der Waals surface area contributed by atoms with Gasteiger partial charge in [-0.15, -0.1) is 21.5 Å². The van der Waals surface area contributed by atoms with E-state index in [1.807, 2.05) is 82.0 Å². The molecule has 67 heavy (non-hydrogen) atoms. The maximum atomic E-state index is 14.4. The number of phenolic OH excluding ortho intramolecular Hbond substituents is 1. The number of aromatic hydroxyl groups is 1. The molecule has 3 amide bonds. The third-order valence-electron chi connectivity index (χ3n) is 13.8. The molecule has 8 rings (SSSR count). The maximum absolute atomic E-state index is 14.4. The Morgan fingerprint density at radius 2 is 1.61 bits per heavy atom. The van der Waals surface area contributed by atoms with Gasteiger partial charge in [0.25, 0.3) is 0 Å². The first kappa shape index (κ1) is 47.3. The maximum Gasteiger partial charge on any atom is 0.246 e. The molecule has 2 saturated heterocycles. The van der Waals surface area contributed by atoms with E-state index in [4.69, 9.17) is 15.7 Å². The number of benzene rings is 2. The van der Waals surface area contributed by atoms with E-state index in [0.717, 1.165) is 45.8 Å². The van der Waals surface area contributed by atoms with Crippen molar-refractivity contribution in [1.29, 1.82) is 0 Å². The van der Waals surface area contributed by atoms with Crippen LogP contribution in [0.1, 0.15) is 90.0 Å². The summed E-state index contributed by atoms with van der Waals surface area (Å²) in [6, 6.07) is 15.2. The smallest absolute Gasteiger partial charge is 0.246 e. The first-order chi connectivity index (χ1) is 32.0. The molecule has 2 aromatic carbocycles. The van der Waals surface area contributed by atoms with E-state index in [0.29, 0.717) is 42.5 Å². The number of carbonyl (C=O) groups is 3. The van der Waals surface area contributed by atoms with Crippen LogP contribution in [0.15, 0.2) is 72.5 Å². The summed E-state index contributed by atoms with van der Waals surface area (Å²) in [6.45, 7) is 15.6. The van der Waals surface area contributed by atoms with Crippen LogP contribution in [-0.4, -0.2) is 108 Å². The summed E-state index contributed by atoms with van der Waals surface area (Å²) >= 11 is 1.58. The molecule has 3 fully saturated rings. The van der Waals surface area contributed by atoms with Gasteiger partial charge in [0.05, 0.1) is 33.6 Å². The minimum Gasteiger partial charge on any atom is -0.507 e. The van der Waals surface area contributed by atoms with Crippen molar-refractivity contribution in [2.24, 2.45) is 17.3 Å². The number of amides is 3. The van der Waals surface area contributed by atoms with Crippen LogP contribution >= 0.6 is 11.3 Å². The molecule has 3 aliphatic rings. The number of phenols is 1. The second kappa shape index (κ2) is 19.6. The summed E-state index contributed by atoms with van der Waals surface area (Å²) < 4.78 is 0. The predicted octanol–water partition coefficient (Wildman–Crippen LogP) is 6.09. The second-order valence-electron chi connectivity index (χ2n) is 19.8. The Balaban J connectivity index is 0.860. The van der Waals surface area contributed by atoms with Crippen LogP contribution < -0.4 is 26.2 Å². The molecule has 5 unspecified atom stereocenters. The van der Waals surface area contributed by atoms with E-state index < -0.39 is 23.6 Å². The number of aliphatic hydroxyl groups excluding tert-OH is 1. The van der Waals surface area contributed by atoms with Crippen LogP contribution in [0.4, 0.5) is 17.5 Å². The largest absolute Gasteiger partial charge is 0.507 e. The number of aryl methyl sites for hydroxylation is 1. The van der Waals surface area contributed by atoms with Crippen molar-refractivity contribution in [3.63, 3.8) is 0 Å². The Hall–Kier alpha value is -6.20. The second-order valence-corrected chi connectivity index (χ2v) is 20.7. The van der Waals surface area contributed by atoms with Gasteiger partial charge in [-0.2, -0.15) is 0 Å². The lowest BCUT2D eigenvalue weighted by Crippen LogP contribution is -2.58. The number of nitrogen functional groups attached to an aromatic ring is 1. The SMILES string of the molecule is Cc1ncsc1-c1ccc(CNC(=O)[C@@H]2C[C@@H](O)CN2C(=O)[C@@H](NC(=O)C2CCC(c3cnc(N4C(C)CN(c5cc(-c6ccccc6O)nnc5N)CC4C)nc3)CC2C)C(C)(C)C)cc1. The lowest BCUT2D eigenvalue weighted by Gasteiger charge is -2.45. The molecule has 5 aromatic rings. The van der Waals surface area contributed by atoms with Crippen LogP contribution in [0.5, 0.6) is 5.75 Å². The Labute approximate surface area is 396 Å². The quantitative estimate of drug-likeness (QED) is 0.102. The zero-order chi connectivity index (χ0) is 47.7. The standard InChI is InChI=1S/C50H63N11O5S/c1-28-18-34(35-22-53-49(54-23-35)61-29(2)24-59(25-30(61)3)40-20-39(57-58-45(40)51)38-10-8-9-11-42(38)63)16-17-37(28)46(64)56-44(50(5,6)7)48(66)60-26-36(62)19-41(60)47(65)52-21-32-12-14-33(15-13-32)43-31(4)55-27-67-43/h8-15,20,22-23,27-30,34,36-37,41,44,62-63H,16-19,21,24-26H2,1-7H3,(H2,51,58)(H,52,65)(H,56,64)/t28?,29?,30?,34?,36-,37?,41+,44-/m1/s1. The minimum absolute atomic E-state index is 0.0137. The van der Waals surface area contributed by atoms with Crippen LogP contribution in [0.2, 0.25) is 0 Å². The fourth-order valence-corrected chi connectivity index (χ4v) is 11.0. The number of thiazole rings is 1. The normalized spacial score (nSPS) is 23.8. The summed E-state index contributed by atoms with van der Waals surface area (Å²) in [5, 5.41) is 35.7. The molecular formula is C50H63N11O5S. The number of aliphatic hydroxyl groups is 1. The van der Waals surface area contributed by atoms with Crippen molar-refractivity contribution in [2.45, 2.75) is 117 Å². The third kappa shape index (κ3) is 10.2. The third-order valence-corrected chi connectivity index (χ3v) is 14.8. The first-order valence-corrected chi connectivity index (χ1v) is 24.2. The number of nitrogens with zero attached hydrogens (tertiary/aromatic N) is 8. The minimum atomic E-state index is -0.902. The summed E-state index contributed by atoms with van der Waals surface area (Å²) in [4.78, 5) is 63.2. The summed E-state index contributed by atoms with van der Waals surface area (Å²) in [7, 11) is 0. The highest BCUT2D eigenvalue weighted by Gasteiger charge is 2.46. The van der Waals surface area contributed by atoms with E-state index >= 15 is 0 Å². The van der Waals surface area contributed by atoms with Gasteiger partial charge in [-0.1, -0.05) is 64.1 Å². The molecular weight excluding hydrogens is 867 g/mol. The van der Waals surface area contributed by atoms with Crippen molar-refractivity contribution in [1.82, 2.24) is 40.7 Å². The number of aromatic nitrogens is 5. The molecule has 1 saturated carbocycles. The zero-order valence-electron chi connectivity index (χ0n) is 39.4. The van der Waals surface area contributed by atoms with Crippen LogP contribution in [0.25, 0.3) is 21.7 Å². The van der Waals surface area contributed by atoms with Gasteiger partial charge in [0.1, 0.15) is 17.8 Å². The van der Waals surface area contributed by atoms with E-state index in [1.54, 1.807) is 29.5 Å². The number of hydrogen-bond donors (Lipinski definition) is 5. The number of nitrogens with two attached hydrogens (primary N) is 1. The fraction of sp³-hybridized carbons (Fsp3) is 0.480. The summed E-state index contributed by atoms with van der Waals surface area (Å²) in [5.41, 5.74) is 13.4. The zero-order valence-corrected chi connectivity index (χ0v) is 40.2. The lowest BCUT2D eigenvalue weighted by atomic mass is 9.72. The molecule has 5 heterocycles. The van der Waals surface area contributed by atoms with Gasteiger partial charge in [-0.25, -0.2) is 15.0 Å². The molecule has 3 aromatic heterocycles. The van der Waals surface area contributed by atoms with Gasteiger partial charge < -0.3 is 41.3 Å². The number of anilines is 3. The van der Waals surface area contributed by atoms with Crippen molar-refractivity contribution in [2.75, 3.05) is 35.2 Å². The Morgan fingerprint density at radius 1 is 0.910 bits per heavy atom. The molecule has 17 heteroatoms. The van der Waals surface area contributed by atoms with Crippen molar-refractivity contribution in [3.8, 4) is 27.4 Å². The van der Waals surface area contributed by atoms with Crippen molar-refractivity contribution >= 4 is 46.5 Å². The van der Waals surface area contributed by atoms with Gasteiger partial charge in [0, 0.05) is 68.6 Å². The van der Waals surface area contributed by atoms with Crippen molar-refractivity contribution in [3.05, 3.63) is 89.3 Å². The number of carbonyl (C=O) groups excluding carboxylic acids is 3. The van der Waals surface area contributed by atoms with E-state index in [2.05, 4.69) is 56.4 Å². The summed E-state index contributed by atoms with van der Waals surface area (Å²) in [5.74, 6) is 0.103. The average molecular weight is 930 g/mol. The molecule has 354 valence electrons. The van der Waals surface area contributed by atoms with E-state index in [-0.39, 0.29) is 72.8 Å². The number of hydrogen-bond acceptors (Lipinski definition) is 14. The van der Waals surface area contributed by atoms with Crippen molar-refractivity contribution < 1.29 is 24.6 Å². The monoisotopic (exact) mass is 929 g/mol. The number of rotatable bonds is 11. The summed E-state index contributed by atoms with van der Waals surface area (Å²) in [6.07, 6.45) is 5.27. The molecule has 6 N–H and O–H groups in total. The van der Waals surface area contributed by atoms with E-state index in [1.165, 1.54) is 4.90 Å². The van der Waals surface area contributed by atoms with Gasteiger partial charge in [-0.05, 0) is 92.2 Å². The number of piperazine rings is 1. The molecule has 8 atom stereocenters. The van der Waals surface area contributed by atoms with Gasteiger partial charge in [0.15, 0.2) is 5.82 Å². The van der Waals surface area contributed by atoms with Crippen LogP contribution in [-0.2, 0) is 20.9 Å². The van der Waals surface area contributed by atoms with E-state index in [9.17, 15) is 24.6 Å². The molecule has 0 spiro atoms. The predicted molar refractivity (Wildman–Crippen MR) is 260 cm³/mol. The number of nitrogens with one attached hydrogen (secondary N) is 2. The molecule has 2 aliphatic heterocycles.